The van der Waals surface area contributed by atoms with Gasteiger partial charge in [-0.05, 0) is 44.4 Å². The zero-order chi connectivity index (χ0) is 20.0. The Morgan fingerprint density at radius 1 is 1.10 bits per heavy atom. The SMILES string of the molecule is FC(F)(F)c1cnc(NC2CCCNC2)nc1-c1c[nH]c2nc(C3CC3)ccc12. The number of rotatable bonds is 4. The molecule has 0 amide bonds. The van der Waals surface area contributed by atoms with Gasteiger partial charge >= 0.3 is 6.18 Å². The molecule has 152 valence electrons. The minimum absolute atomic E-state index is 0.0964. The van der Waals surface area contributed by atoms with E-state index in [0.717, 1.165) is 50.7 Å². The van der Waals surface area contributed by atoms with Crippen LogP contribution in [-0.2, 0) is 6.18 Å². The summed E-state index contributed by atoms with van der Waals surface area (Å²) < 4.78 is 41.0. The summed E-state index contributed by atoms with van der Waals surface area (Å²) in [4.78, 5) is 15.8. The largest absolute Gasteiger partial charge is 0.419 e. The van der Waals surface area contributed by atoms with Crippen molar-refractivity contribution in [1.29, 1.82) is 0 Å². The number of anilines is 1. The average molecular weight is 402 g/mol. The zero-order valence-corrected chi connectivity index (χ0v) is 15.7. The van der Waals surface area contributed by atoms with Gasteiger partial charge in [-0.25, -0.2) is 15.0 Å². The fourth-order valence-electron chi connectivity index (χ4n) is 3.84. The Morgan fingerprint density at radius 2 is 1.97 bits per heavy atom. The van der Waals surface area contributed by atoms with Crippen molar-refractivity contribution in [3.05, 3.63) is 35.8 Å². The van der Waals surface area contributed by atoms with Crippen LogP contribution in [0.5, 0.6) is 0 Å². The summed E-state index contributed by atoms with van der Waals surface area (Å²) >= 11 is 0. The van der Waals surface area contributed by atoms with Gasteiger partial charge in [0.15, 0.2) is 0 Å². The van der Waals surface area contributed by atoms with Crippen molar-refractivity contribution in [2.45, 2.75) is 43.8 Å². The summed E-state index contributed by atoms with van der Waals surface area (Å²) in [6, 6.07) is 3.83. The van der Waals surface area contributed by atoms with Crippen LogP contribution in [0.3, 0.4) is 0 Å². The number of hydrogen-bond acceptors (Lipinski definition) is 5. The zero-order valence-electron chi connectivity index (χ0n) is 15.7. The first-order chi connectivity index (χ1) is 14.0. The molecule has 0 aromatic carbocycles. The van der Waals surface area contributed by atoms with Crippen LogP contribution in [0.1, 0.15) is 42.9 Å². The second kappa shape index (κ2) is 6.98. The molecule has 3 aromatic rings. The van der Waals surface area contributed by atoms with Crippen LogP contribution in [0.2, 0.25) is 0 Å². The smallest absolute Gasteiger partial charge is 0.350 e. The molecular weight excluding hydrogens is 381 g/mol. The van der Waals surface area contributed by atoms with Crippen LogP contribution in [0.4, 0.5) is 19.1 Å². The molecule has 1 unspecified atom stereocenters. The van der Waals surface area contributed by atoms with Crippen molar-refractivity contribution in [3.8, 4) is 11.3 Å². The number of halogens is 3. The highest BCUT2D eigenvalue weighted by Gasteiger charge is 2.36. The molecule has 1 aliphatic heterocycles. The maximum absolute atomic E-state index is 13.7. The van der Waals surface area contributed by atoms with E-state index in [9.17, 15) is 13.2 Å². The highest BCUT2D eigenvalue weighted by molar-refractivity contribution is 5.93. The topological polar surface area (TPSA) is 78.5 Å². The third-order valence-corrected chi connectivity index (χ3v) is 5.54. The second-order valence-electron chi connectivity index (χ2n) is 7.75. The lowest BCUT2D eigenvalue weighted by Gasteiger charge is -2.24. The first-order valence-electron chi connectivity index (χ1n) is 9.89. The van der Waals surface area contributed by atoms with Gasteiger partial charge in [-0.15, -0.1) is 0 Å². The van der Waals surface area contributed by atoms with Crippen LogP contribution in [0, 0.1) is 0 Å². The van der Waals surface area contributed by atoms with Crippen LogP contribution in [0.25, 0.3) is 22.3 Å². The van der Waals surface area contributed by atoms with Crippen LogP contribution >= 0.6 is 0 Å². The molecule has 6 nitrogen and oxygen atoms in total. The van der Waals surface area contributed by atoms with Gasteiger partial charge < -0.3 is 15.6 Å². The maximum Gasteiger partial charge on any atom is 0.419 e. The predicted octanol–water partition coefficient (Wildman–Crippen LogP) is 4.08. The lowest BCUT2D eigenvalue weighted by Crippen LogP contribution is -2.38. The van der Waals surface area contributed by atoms with E-state index < -0.39 is 11.7 Å². The van der Waals surface area contributed by atoms with E-state index in [-0.39, 0.29) is 17.7 Å². The number of nitrogens with one attached hydrogen (secondary N) is 3. The lowest BCUT2D eigenvalue weighted by molar-refractivity contribution is -0.137. The molecule has 2 aliphatic rings. The Labute approximate surface area is 165 Å². The third kappa shape index (κ3) is 3.66. The van der Waals surface area contributed by atoms with E-state index in [1.54, 1.807) is 6.20 Å². The van der Waals surface area contributed by atoms with Gasteiger partial charge in [-0.3, -0.25) is 0 Å². The van der Waals surface area contributed by atoms with Crippen LogP contribution in [-0.4, -0.2) is 39.1 Å². The molecule has 0 spiro atoms. The van der Waals surface area contributed by atoms with E-state index in [1.165, 1.54) is 0 Å². The molecule has 1 saturated heterocycles. The average Bonchev–Trinajstić information content (AvgIpc) is 3.47. The number of nitrogens with zero attached hydrogens (tertiary/aromatic N) is 3. The number of fused-ring (bicyclic) bond motifs is 1. The summed E-state index contributed by atoms with van der Waals surface area (Å²) in [5, 5.41) is 7.06. The van der Waals surface area contributed by atoms with Gasteiger partial charge in [0.25, 0.3) is 0 Å². The predicted molar refractivity (Wildman–Crippen MR) is 104 cm³/mol. The first-order valence-corrected chi connectivity index (χ1v) is 9.89. The summed E-state index contributed by atoms with van der Waals surface area (Å²) in [7, 11) is 0. The highest BCUT2D eigenvalue weighted by atomic mass is 19.4. The molecule has 3 aromatic heterocycles. The number of alkyl halides is 3. The van der Waals surface area contributed by atoms with Crippen LogP contribution in [0.15, 0.2) is 24.5 Å². The van der Waals surface area contributed by atoms with E-state index >= 15 is 0 Å². The van der Waals surface area contributed by atoms with Gasteiger partial charge in [-0.2, -0.15) is 13.2 Å². The van der Waals surface area contributed by atoms with Gasteiger partial charge in [0.1, 0.15) is 11.2 Å². The number of piperidine rings is 1. The molecule has 4 heterocycles. The van der Waals surface area contributed by atoms with Crippen molar-refractivity contribution in [2.75, 3.05) is 18.4 Å². The van der Waals surface area contributed by atoms with Gasteiger partial charge in [0.05, 0.1) is 5.69 Å². The Morgan fingerprint density at radius 3 is 2.69 bits per heavy atom. The molecule has 29 heavy (non-hydrogen) atoms. The monoisotopic (exact) mass is 402 g/mol. The molecule has 1 atom stereocenters. The number of hydrogen-bond donors (Lipinski definition) is 3. The molecule has 1 saturated carbocycles. The van der Waals surface area contributed by atoms with Gasteiger partial charge in [-0.1, -0.05) is 0 Å². The van der Waals surface area contributed by atoms with Crippen molar-refractivity contribution in [3.63, 3.8) is 0 Å². The molecule has 3 N–H and O–H groups in total. The van der Waals surface area contributed by atoms with Gasteiger partial charge in [0, 0.05) is 47.5 Å². The quantitative estimate of drug-likeness (QED) is 0.613. The normalized spacial score (nSPS) is 20.2. The van der Waals surface area contributed by atoms with E-state index in [1.807, 2.05) is 12.1 Å². The second-order valence-corrected chi connectivity index (χ2v) is 7.75. The highest BCUT2D eigenvalue weighted by Crippen LogP contribution is 2.41. The summed E-state index contributed by atoms with van der Waals surface area (Å²) in [6.07, 6.45) is 2.02. The number of aromatic nitrogens is 4. The van der Waals surface area contributed by atoms with Crippen molar-refractivity contribution >= 4 is 17.0 Å². The Bertz CT molecular complexity index is 1030. The van der Waals surface area contributed by atoms with Crippen molar-refractivity contribution in [2.24, 2.45) is 0 Å². The van der Waals surface area contributed by atoms with Crippen molar-refractivity contribution in [1.82, 2.24) is 25.3 Å². The molecule has 2 fully saturated rings. The van der Waals surface area contributed by atoms with E-state index in [2.05, 4.69) is 30.6 Å². The summed E-state index contributed by atoms with van der Waals surface area (Å²) in [5.41, 5.74) is 0.969. The minimum Gasteiger partial charge on any atom is -0.350 e. The Balaban J connectivity index is 1.56. The van der Waals surface area contributed by atoms with Crippen molar-refractivity contribution < 1.29 is 13.2 Å². The number of H-pyrrole nitrogens is 1. The molecule has 1 aliphatic carbocycles. The first kappa shape index (κ1) is 18.4. The van der Waals surface area contributed by atoms with E-state index in [0.29, 0.717) is 22.5 Å². The third-order valence-electron chi connectivity index (χ3n) is 5.54. The maximum atomic E-state index is 13.7. The van der Waals surface area contributed by atoms with E-state index in [4.69, 9.17) is 0 Å². The molecule has 9 heteroatoms. The summed E-state index contributed by atoms with van der Waals surface area (Å²) in [6.45, 7) is 1.68. The van der Waals surface area contributed by atoms with Crippen LogP contribution < -0.4 is 10.6 Å². The Kier molecular flexibility index (Phi) is 4.42. The minimum atomic E-state index is -4.55. The molecule has 0 bridgehead atoms. The van der Waals surface area contributed by atoms with Gasteiger partial charge in [0.2, 0.25) is 5.95 Å². The Hall–Kier alpha value is -2.68. The summed E-state index contributed by atoms with van der Waals surface area (Å²) in [5.74, 6) is 0.675. The molecular formula is C20H21F3N6. The lowest BCUT2D eigenvalue weighted by atomic mass is 10.1. The molecule has 5 rings (SSSR count). The number of aromatic amines is 1. The number of pyridine rings is 1. The standard InChI is InChI=1S/C20H21F3N6/c21-20(22,23)15-10-26-19(27-12-2-1-7-24-8-12)29-17(15)14-9-25-18-13(14)5-6-16(28-18)11-3-4-11/h5-6,9-12,24H,1-4,7-8H2,(H,25,28)(H,26,27,29). The fraction of sp³-hybridized carbons (Fsp3) is 0.450. The molecule has 0 radical (unpaired) electrons. The fourth-order valence-corrected chi connectivity index (χ4v) is 3.84.